The molecule has 0 spiro atoms. The van der Waals surface area contributed by atoms with Gasteiger partial charge in [0.2, 0.25) is 0 Å². The van der Waals surface area contributed by atoms with E-state index in [4.69, 9.17) is 5.11 Å². The molecule has 4 heteroatoms. The number of aliphatic carboxylic acids is 1. The van der Waals surface area contributed by atoms with Crippen molar-refractivity contribution in [1.82, 2.24) is 0 Å². The highest BCUT2D eigenvalue weighted by atomic mass is 16.5. The minimum absolute atomic E-state index is 0.190. The van der Waals surface area contributed by atoms with Crippen molar-refractivity contribution in [2.24, 2.45) is 11.8 Å². The van der Waals surface area contributed by atoms with Gasteiger partial charge in [0.25, 0.3) is 0 Å². The van der Waals surface area contributed by atoms with Crippen molar-refractivity contribution in [2.75, 3.05) is 6.61 Å². The van der Waals surface area contributed by atoms with E-state index in [-0.39, 0.29) is 12.5 Å². The van der Waals surface area contributed by atoms with Gasteiger partial charge in [-0.2, -0.15) is 0 Å². The van der Waals surface area contributed by atoms with Gasteiger partial charge in [0.05, 0.1) is 6.61 Å². The maximum atomic E-state index is 10.6. The fourth-order valence-electron chi connectivity index (χ4n) is 0.976. The minimum atomic E-state index is -1.09. The number of ether oxygens (including phenoxy) is 1. The van der Waals surface area contributed by atoms with Crippen molar-refractivity contribution in [2.45, 2.75) is 6.92 Å². The Hall–Kier alpha value is -1.06. The van der Waals surface area contributed by atoms with Crippen LogP contribution in [0.1, 0.15) is 6.92 Å². The number of hydrogen-bond donors (Lipinski definition) is 1. The van der Waals surface area contributed by atoms with Crippen molar-refractivity contribution in [3.8, 4) is 0 Å². The molecule has 10 heavy (non-hydrogen) atoms. The second kappa shape index (κ2) is 2.28. The molecule has 1 heterocycles. The van der Waals surface area contributed by atoms with Gasteiger partial charge in [-0.1, -0.05) is 6.92 Å². The highest BCUT2D eigenvalue weighted by Gasteiger charge is 2.39. The predicted octanol–water partition coefficient (Wildman–Crippen LogP) is -0.120. The van der Waals surface area contributed by atoms with E-state index >= 15 is 0 Å². The first-order valence-corrected chi connectivity index (χ1v) is 3.02. The molecule has 1 aliphatic rings. The quantitative estimate of drug-likeness (QED) is 0.411. The van der Waals surface area contributed by atoms with Crippen LogP contribution < -0.4 is 0 Å². The predicted molar refractivity (Wildman–Crippen MR) is 31.2 cm³/mol. The van der Waals surface area contributed by atoms with E-state index in [1.165, 1.54) is 0 Å². The lowest BCUT2D eigenvalue weighted by Gasteiger charge is -2.01. The summed E-state index contributed by atoms with van der Waals surface area (Å²) >= 11 is 0. The van der Waals surface area contributed by atoms with Crippen LogP contribution in [0.5, 0.6) is 0 Å². The first kappa shape index (κ1) is 7.05. The lowest BCUT2D eigenvalue weighted by Crippen LogP contribution is -2.23. The number of carbonyl (C=O) groups excluding carboxylic acids is 1. The third-order valence-electron chi connectivity index (χ3n) is 1.58. The Bertz CT molecular complexity index is 175. The van der Waals surface area contributed by atoms with Gasteiger partial charge in [0, 0.05) is 5.92 Å². The van der Waals surface area contributed by atoms with Crippen LogP contribution in [0.15, 0.2) is 0 Å². The summed E-state index contributed by atoms with van der Waals surface area (Å²) < 4.78 is 4.52. The summed E-state index contributed by atoms with van der Waals surface area (Å²) in [5.41, 5.74) is 0. The van der Waals surface area contributed by atoms with E-state index in [1.807, 2.05) is 0 Å². The van der Waals surface area contributed by atoms with Crippen molar-refractivity contribution in [1.29, 1.82) is 0 Å². The molecule has 0 amide bonds. The summed E-state index contributed by atoms with van der Waals surface area (Å²) in [5.74, 6) is -2.83. The normalized spacial score (nSPS) is 31.9. The number of carboxylic acid groups (broad SMARTS) is 1. The fraction of sp³-hybridized carbons (Fsp3) is 0.667. The molecule has 0 aromatic carbocycles. The second-order valence-corrected chi connectivity index (χ2v) is 2.42. The average molecular weight is 144 g/mol. The van der Waals surface area contributed by atoms with E-state index in [2.05, 4.69) is 4.74 Å². The molecule has 1 saturated heterocycles. The number of carboxylic acids is 1. The molecule has 2 atom stereocenters. The summed E-state index contributed by atoms with van der Waals surface area (Å²) in [6, 6.07) is 0. The first-order chi connectivity index (χ1) is 4.63. The van der Waals surface area contributed by atoms with E-state index in [0.717, 1.165) is 0 Å². The van der Waals surface area contributed by atoms with Crippen molar-refractivity contribution >= 4 is 11.9 Å². The molecular formula is C6H8O4. The maximum absolute atomic E-state index is 10.6. The van der Waals surface area contributed by atoms with Crippen molar-refractivity contribution in [3.63, 3.8) is 0 Å². The Morgan fingerprint density at radius 3 is 2.60 bits per heavy atom. The van der Waals surface area contributed by atoms with E-state index in [0.29, 0.717) is 0 Å². The van der Waals surface area contributed by atoms with Gasteiger partial charge in [-0.15, -0.1) is 0 Å². The van der Waals surface area contributed by atoms with Gasteiger partial charge in [0.15, 0.2) is 5.92 Å². The molecule has 0 aromatic heterocycles. The molecule has 4 nitrogen and oxygen atoms in total. The molecule has 1 rings (SSSR count). The molecule has 0 aromatic rings. The molecule has 1 N–H and O–H groups in total. The highest BCUT2D eigenvalue weighted by Crippen LogP contribution is 2.21. The van der Waals surface area contributed by atoms with Gasteiger partial charge in [-0.05, 0) is 0 Å². The van der Waals surface area contributed by atoms with Gasteiger partial charge < -0.3 is 9.84 Å². The summed E-state index contributed by atoms with van der Waals surface area (Å²) in [5, 5.41) is 8.45. The minimum Gasteiger partial charge on any atom is -0.481 e. The van der Waals surface area contributed by atoms with Gasteiger partial charge in [0.1, 0.15) is 0 Å². The Morgan fingerprint density at radius 2 is 2.40 bits per heavy atom. The third-order valence-corrected chi connectivity index (χ3v) is 1.58. The van der Waals surface area contributed by atoms with Crippen LogP contribution in [-0.2, 0) is 14.3 Å². The largest absolute Gasteiger partial charge is 0.481 e. The lowest BCUT2D eigenvalue weighted by atomic mass is 9.98. The second-order valence-electron chi connectivity index (χ2n) is 2.42. The number of esters is 1. The van der Waals surface area contributed by atoms with Crippen LogP contribution in [-0.4, -0.2) is 23.7 Å². The highest BCUT2D eigenvalue weighted by molar-refractivity contribution is 5.95. The zero-order chi connectivity index (χ0) is 7.72. The Kier molecular flexibility index (Phi) is 1.61. The Balaban J connectivity index is 2.72. The van der Waals surface area contributed by atoms with E-state index < -0.39 is 17.9 Å². The standard InChI is InChI=1S/C6H8O4/c1-3-2-10-6(9)4(3)5(7)8/h3-4H,2H2,1H3,(H,7,8)/t3-,4-/m0/s1. The maximum Gasteiger partial charge on any atom is 0.320 e. The van der Waals surface area contributed by atoms with E-state index in [1.54, 1.807) is 6.92 Å². The van der Waals surface area contributed by atoms with Crippen LogP contribution >= 0.6 is 0 Å². The number of carbonyl (C=O) groups is 2. The average Bonchev–Trinajstić information content (AvgIpc) is 2.11. The van der Waals surface area contributed by atoms with Gasteiger partial charge >= 0.3 is 11.9 Å². The number of rotatable bonds is 1. The van der Waals surface area contributed by atoms with Crippen LogP contribution in [0, 0.1) is 11.8 Å². The monoisotopic (exact) mass is 144 g/mol. The van der Waals surface area contributed by atoms with Gasteiger partial charge in [-0.3, -0.25) is 9.59 Å². The number of cyclic esters (lactones) is 1. The molecule has 0 bridgehead atoms. The third kappa shape index (κ3) is 0.964. The van der Waals surface area contributed by atoms with Crippen molar-refractivity contribution < 1.29 is 19.4 Å². The molecule has 0 unspecified atom stereocenters. The van der Waals surface area contributed by atoms with Crippen LogP contribution in [0.2, 0.25) is 0 Å². The molecule has 1 fully saturated rings. The zero-order valence-electron chi connectivity index (χ0n) is 5.53. The Labute approximate surface area is 57.8 Å². The molecule has 0 aliphatic carbocycles. The van der Waals surface area contributed by atoms with Crippen molar-refractivity contribution in [3.05, 3.63) is 0 Å². The molecule has 0 radical (unpaired) electrons. The summed E-state index contributed by atoms with van der Waals surface area (Å²) in [7, 11) is 0. The molecule has 56 valence electrons. The fourth-order valence-corrected chi connectivity index (χ4v) is 0.976. The molecule has 0 saturated carbocycles. The molecule has 1 aliphatic heterocycles. The zero-order valence-corrected chi connectivity index (χ0v) is 5.53. The van der Waals surface area contributed by atoms with Crippen LogP contribution in [0.4, 0.5) is 0 Å². The summed E-state index contributed by atoms with van der Waals surface area (Å²) in [6.45, 7) is 1.92. The first-order valence-electron chi connectivity index (χ1n) is 3.02. The van der Waals surface area contributed by atoms with Gasteiger partial charge in [-0.25, -0.2) is 0 Å². The van der Waals surface area contributed by atoms with Crippen LogP contribution in [0.25, 0.3) is 0 Å². The lowest BCUT2D eigenvalue weighted by molar-refractivity contribution is -0.152. The topological polar surface area (TPSA) is 63.6 Å². The van der Waals surface area contributed by atoms with Crippen LogP contribution in [0.3, 0.4) is 0 Å². The molecular weight excluding hydrogens is 136 g/mol. The smallest absolute Gasteiger partial charge is 0.320 e. The summed E-state index contributed by atoms with van der Waals surface area (Å²) in [4.78, 5) is 20.9. The summed E-state index contributed by atoms with van der Waals surface area (Å²) in [6.07, 6.45) is 0. The SMILES string of the molecule is C[C@H]1COC(=O)[C@@H]1C(=O)O. The number of hydrogen-bond acceptors (Lipinski definition) is 3. The van der Waals surface area contributed by atoms with E-state index in [9.17, 15) is 9.59 Å². The Morgan fingerprint density at radius 1 is 1.80 bits per heavy atom.